The van der Waals surface area contributed by atoms with Gasteiger partial charge in [-0.15, -0.1) is 11.3 Å². The molecular formula is C17H28N2O2S. The zero-order valence-electron chi connectivity index (χ0n) is 13.8. The molecule has 22 heavy (non-hydrogen) atoms. The van der Waals surface area contributed by atoms with Crippen molar-refractivity contribution in [3.63, 3.8) is 0 Å². The van der Waals surface area contributed by atoms with E-state index in [0.29, 0.717) is 6.04 Å². The summed E-state index contributed by atoms with van der Waals surface area (Å²) in [5.74, 6) is 0. The second-order valence-electron chi connectivity index (χ2n) is 6.64. The van der Waals surface area contributed by atoms with Crippen molar-refractivity contribution in [3.05, 3.63) is 15.6 Å². The lowest BCUT2D eigenvalue weighted by Gasteiger charge is -2.43. The van der Waals surface area contributed by atoms with Crippen molar-refractivity contribution < 1.29 is 9.47 Å². The second kappa shape index (κ2) is 7.39. The van der Waals surface area contributed by atoms with E-state index in [9.17, 15) is 0 Å². The van der Waals surface area contributed by atoms with Crippen LogP contribution < -0.4 is 5.32 Å². The smallest absolute Gasteiger partial charge is 0.0931 e. The molecule has 1 spiro atoms. The molecule has 0 radical (unpaired) electrons. The average Bonchev–Trinajstić information content (AvgIpc) is 2.83. The van der Waals surface area contributed by atoms with Crippen LogP contribution in [0, 0.1) is 13.8 Å². The maximum Gasteiger partial charge on any atom is 0.0931 e. The first-order valence-electron chi connectivity index (χ1n) is 8.55. The van der Waals surface area contributed by atoms with E-state index < -0.39 is 0 Å². The van der Waals surface area contributed by atoms with Crippen molar-refractivity contribution in [2.75, 3.05) is 26.4 Å². The monoisotopic (exact) mass is 324 g/mol. The molecule has 2 aliphatic rings. The molecule has 1 unspecified atom stereocenters. The van der Waals surface area contributed by atoms with E-state index in [1.807, 2.05) is 11.3 Å². The van der Waals surface area contributed by atoms with Gasteiger partial charge in [-0.1, -0.05) is 0 Å². The van der Waals surface area contributed by atoms with Gasteiger partial charge < -0.3 is 14.8 Å². The number of hydrogen-bond acceptors (Lipinski definition) is 5. The fourth-order valence-electron chi connectivity index (χ4n) is 3.49. The van der Waals surface area contributed by atoms with E-state index in [-0.39, 0.29) is 5.60 Å². The number of nitrogens with zero attached hydrogens (tertiary/aromatic N) is 1. The van der Waals surface area contributed by atoms with Crippen molar-refractivity contribution in [1.29, 1.82) is 0 Å². The number of hydrogen-bond donors (Lipinski definition) is 1. The Bertz CT molecular complexity index is 458. The zero-order valence-corrected chi connectivity index (χ0v) is 14.6. The van der Waals surface area contributed by atoms with Crippen molar-refractivity contribution in [2.45, 2.75) is 64.0 Å². The van der Waals surface area contributed by atoms with Gasteiger partial charge in [-0.25, -0.2) is 4.98 Å². The van der Waals surface area contributed by atoms with Crippen molar-refractivity contribution in [1.82, 2.24) is 10.3 Å². The Labute approximate surface area is 137 Å². The Morgan fingerprint density at radius 1 is 1.27 bits per heavy atom. The van der Waals surface area contributed by atoms with Crippen molar-refractivity contribution in [2.24, 2.45) is 0 Å². The predicted molar refractivity (Wildman–Crippen MR) is 89.7 cm³/mol. The van der Waals surface area contributed by atoms with Crippen LogP contribution in [0.15, 0.2) is 0 Å². The Morgan fingerprint density at radius 2 is 2.09 bits per heavy atom. The number of ether oxygens (including phenoxy) is 2. The number of aromatic nitrogens is 1. The normalized spacial score (nSPS) is 24.7. The SMILES string of the molecule is Cc1nc(CCCNC2CCOC3(CCOCC3)C2)sc1C. The van der Waals surface area contributed by atoms with Gasteiger partial charge in [0.15, 0.2) is 0 Å². The van der Waals surface area contributed by atoms with E-state index >= 15 is 0 Å². The van der Waals surface area contributed by atoms with Gasteiger partial charge in [0.1, 0.15) is 0 Å². The van der Waals surface area contributed by atoms with Crippen LogP contribution in [0.1, 0.15) is 47.7 Å². The van der Waals surface area contributed by atoms with Gasteiger partial charge in [-0.05, 0) is 52.5 Å². The van der Waals surface area contributed by atoms with Crippen LogP contribution >= 0.6 is 11.3 Å². The fraction of sp³-hybridized carbons (Fsp3) is 0.824. The van der Waals surface area contributed by atoms with Gasteiger partial charge in [0, 0.05) is 37.2 Å². The van der Waals surface area contributed by atoms with Crippen LogP contribution in [0.4, 0.5) is 0 Å². The molecule has 3 rings (SSSR count). The molecule has 1 atom stereocenters. The molecule has 3 heterocycles. The summed E-state index contributed by atoms with van der Waals surface area (Å²) in [5.41, 5.74) is 1.29. The average molecular weight is 324 g/mol. The minimum absolute atomic E-state index is 0.0949. The number of thiazole rings is 1. The molecule has 5 heteroatoms. The summed E-state index contributed by atoms with van der Waals surface area (Å²) in [4.78, 5) is 5.98. The third kappa shape index (κ3) is 4.07. The predicted octanol–water partition coefficient (Wildman–Crippen LogP) is 3.01. The Hall–Kier alpha value is -0.490. The lowest BCUT2D eigenvalue weighted by molar-refractivity contribution is -0.140. The third-order valence-electron chi connectivity index (χ3n) is 4.97. The Morgan fingerprint density at radius 3 is 2.82 bits per heavy atom. The molecule has 4 nitrogen and oxygen atoms in total. The third-order valence-corrected chi connectivity index (χ3v) is 6.10. The lowest BCUT2D eigenvalue weighted by atomic mass is 9.84. The van der Waals surface area contributed by atoms with E-state index in [1.54, 1.807) is 0 Å². The topological polar surface area (TPSA) is 43.4 Å². The van der Waals surface area contributed by atoms with Crippen LogP contribution in [-0.2, 0) is 15.9 Å². The van der Waals surface area contributed by atoms with Gasteiger partial charge in [0.2, 0.25) is 0 Å². The molecule has 124 valence electrons. The molecular weight excluding hydrogens is 296 g/mol. The van der Waals surface area contributed by atoms with Gasteiger partial charge in [0.25, 0.3) is 0 Å². The van der Waals surface area contributed by atoms with Crippen molar-refractivity contribution >= 4 is 11.3 Å². The minimum atomic E-state index is 0.0949. The molecule has 0 bridgehead atoms. The highest BCUT2D eigenvalue weighted by Gasteiger charge is 2.38. The Kier molecular flexibility index (Phi) is 5.50. The maximum atomic E-state index is 6.10. The number of aryl methyl sites for hydroxylation is 3. The molecule has 1 aromatic rings. The van der Waals surface area contributed by atoms with Crippen LogP contribution in [0.2, 0.25) is 0 Å². The number of nitrogens with one attached hydrogen (secondary N) is 1. The highest BCUT2D eigenvalue weighted by molar-refractivity contribution is 7.11. The van der Waals surface area contributed by atoms with Crippen LogP contribution in [0.3, 0.4) is 0 Å². The molecule has 0 aromatic carbocycles. The highest BCUT2D eigenvalue weighted by Crippen LogP contribution is 2.34. The first-order chi connectivity index (χ1) is 10.7. The summed E-state index contributed by atoms with van der Waals surface area (Å²) in [7, 11) is 0. The molecule has 1 N–H and O–H groups in total. The summed E-state index contributed by atoms with van der Waals surface area (Å²) in [5, 5.41) is 5.02. The summed E-state index contributed by atoms with van der Waals surface area (Å²) in [6.07, 6.45) is 6.66. The molecule has 0 amide bonds. The van der Waals surface area contributed by atoms with Crippen LogP contribution in [-0.4, -0.2) is 43.0 Å². The molecule has 2 fully saturated rings. The fourth-order valence-corrected chi connectivity index (χ4v) is 4.46. The molecule has 2 aliphatic heterocycles. The van der Waals surface area contributed by atoms with Gasteiger partial charge in [-0.3, -0.25) is 0 Å². The molecule has 0 aliphatic carbocycles. The van der Waals surface area contributed by atoms with E-state index in [1.165, 1.54) is 22.0 Å². The summed E-state index contributed by atoms with van der Waals surface area (Å²) >= 11 is 1.85. The largest absolute Gasteiger partial charge is 0.381 e. The van der Waals surface area contributed by atoms with Gasteiger partial charge in [0.05, 0.1) is 16.3 Å². The van der Waals surface area contributed by atoms with Gasteiger partial charge >= 0.3 is 0 Å². The molecule has 2 saturated heterocycles. The summed E-state index contributed by atoms with van der Waals surface area (Å²) < 4.78 is 11.6. The quantitative estimate of drug-likeness (QED) is 0.846. The standard InChI is InChI=1S/C17H28N2O2S/c1-13-14(2)22-16(19-13)4-3-8-18-15-5-9-21-17(12-15)6-10-20-11-7-17/h15,18H,3-12H2,1-2H3. The maximum absolute atomic E-state index is 6.10. The van der Waals surface area contributed by atoms with E-state index in [4.69, 9.17) is 9.47 Å². The highest BCUT2D eigenvalue weighted by atomic mass is 32.1. The lowest BCUT2D eigenvalue weighted by Crippen LogP contribution is -2.50. The second-order valence-corrected chi connectivity index (χ2v) is 7.93. The summed E-state index contributed by atoms with van der Waals surface area (Å²) in [6.45, 7) is 7.94. The molecule has 0 saturated carbocycles. The first kappa shape index (κ1) is 16.4. The van der Waals surface area contributed by atoms with E-state index in [2.05, 4.69) is 24.1 Å². The Balaban J connectivity index is 1.39. The number of rotatable bonds is 5. The first-order valence-corrected chi connectivity index (χ1v) is 9.37. The zero-order chi connectivity index (χ0) is 15.4. The summed E-state index contributed by atoms with van der Waals surface area (Å²) in [6, 6.07) is 0.603. The van der Waals surface area contributed by atoms with E-state index in [0.717, 1.165) is 58.5 Å². The van der Waals surface area contributed by atoms with Crippen LogP contribution in [0.5, 0.6) is 0 Å². The van der Waals surface area contributed by atoms with Crippen molar-refractivity contribution in [3.8, 4) is 0 Å². The molecule has 1 aromatic heterocycles. The van der Waals surface area contributed by atoms with Crippen LogP contribution in [0.25, 0.3) is 0 Å². The minimum Gasteiger partial charge on any atom is -0.381 e. The van der Waals surface area contributed by atoms with Gasteiger partial charge in [-0.2, -0.15) is 0 Å².